The zero-order chi connectivity index (χ0) is 9.26. The van der Waals surface area contributed by atoms with Crippen LogP contribution in [0.2, 0.25) is 0 Å². The molecule has 0 aromatic heterocycles. The molecule has 68 valence electrons. The molecule has 0 saturated heterocycles. The third-order valence-corrected chi connectivity index (χ3v) is 2.88. The monoisotopic (exact) mass is 174 g/mol. The summed E-state index contributed by atoms with van der Waals surface area (Å²) in [4.78, 5) is 11.6. The van der Waals surface area contributed by atoms with Crippen LogP contribution in [0.1, 0.15) is 24.5 Å². The van der Waals surface area contributed by atoms with Crippen LogP contribution in [-0.4, -0.2) is 5.78 Å². The Morgan fingerprint density at radius 1 is 1.23 bits per heavy atom. The molecule has 0 bridgehead atoms. The van der Waals surface area contributed by atoms with Crippen molar-refractivity contribution in [1.82, 2.24) is 0 Å². The average molecular weight is 174 g/mol. The van der Waals surface area contributed by atoms with E-state index in [9.17, 15) is 4.79 Å². The molecule has 0 spiro atoms. The molecule has 0 heterocycles. The lowest BCUT2D eigenvalue weighted by atomic mass is 10.0. The minimum Gasteiger partial charge on any atom is -0.299 e. The highest BCUT2D eigenvalue weighted by atomic mass is 16.1. The summed E-state index contributed by atoms with van der Waals surface area (Å²) in [6.07, 6.45) is 2.70. The van der Waals surface area contributed by atoms with Gasteiger partial charge in [0.2, 0.25) is 0 Å². The molecule has 2 rings (SSSR count). The van der Waals surface area contributed by atoms with Gasteiger partial charge in [-0.2, -0.15) is 0 Å². The van der Waals surface area contributed by atoms with Gasteiger partial charge in [0.25, 0.3) is 0 Å². The maximum atomic E-state index is 11.6. The van der Waals surface area contributed by atoms with Crippen molar-refractivity contribution in [3.8, 4) is 0 Å². The van der Waals surface area contributed by atoms with Crippen molar-refractivity contribution in [3.63, 3.8) is 0 Å². The molecule has 1 atom stereocenters. The van der Waals surface area contributed by atoms with Crippen LogP contribution < -0.4 is 0 Å². The third-order valence-electron chi connectivity index (χ3n) is 2.88. The second-order valence-corrected chi connectivity index (χ2v) is 3.85. The Labute approximate surface area is 78.8 Å². The molecule has 0 fully saturated rings. The molecule has 0 N–H and O–H groups in total. The Kier molecular flexibility index (Phi) is 2.17. The minimum absolute atomic E-state index is 0.243. The van der Waals surface area contributed by atoms with E-state index < -0.39 is 0 Å². The smallest absolute Gasteiger partial charge is 0.140 e. The average Bonchev–Trinajstić information content (AvgIpc) is 2.28. The van der Waals surface area contributed by atoms with Gasteiger partial charge in [0.05, 0.1) is 0 Å². The van der Waals surface area contributed by atoms with Crippen molar-refractivity contribution < 1.29 is 4.79 Å². The Balaban J connectivity index is 2.35. The molecule has 1 unspecified atom stereocenters. The van der Waals surface area contributed by atoms with E-state index in [-0.39, 0.29) is 5.92 Å². The number of ketones is 1. The lowest BCUT2D eigenvalue weighted by Crippen LogP contribution is -2.10. The first kappa shape index (κ1) is 8.49. The quantitative estimate of drug-likeness (QED) is 0.552. The predicted molar refractivity (Wildman–Crippen MR) is 52.6 cm³/mol. The summed E-state index contributed by atoms with van der Waals surface area (Å²) >= 11 is 0. The molecule has 0 saturated carbocycles. The van der Waals surface area contributed by atoms with E-state index >= 15 is 0 Å². The van der Waals surface area contributed by atoms with Crippen LogP contribution >= 0.6 is 0 Å². The fourth-order valence-electron chi connectivity index (χ4n) is 1.87. The topological polar surface area (TPSA) is 17.1 Å². The summed E-state index contributed by atoms with van der Waals surface area (Å²) in [5.74, 6) is 0.636. The number of fused-ring (bicyclic) bond motifs is 1. The van der Waals surface area contributed by atoms with Crippen molar-refractivity contribution in [2.75, 3.05) is 0 Å². The molecule has 1 heteroatoms. The Morgan fingerprint density at radius 3 is 2.69 bits per heavy atom. The van der Waals surface area contributed by atoms with E-state index in [4.69, 9.17) is 0 Å². The molecule has 1 aliphatic carbocycles. The Morgan fingerprint density at radius 2 is 1.92 bits per heavy atom. The Hall–Kier alpha value is -1.11. The van der Waals surface area contributed by atoms with Gasteiger partial charge < -0.3 is 0 Å². The zero-order valence-corrected chi connectivity index (χ0v) is 7.92. The van der Waals surface area contributed by atoms with Crippen LogP contribution in [0.4, 0.5) is 0 Å². The van der Waals surface area contributed by atoms with E-state index in [0.29, 0.717) is 12.2 Å². The van der Waals surface area contributed by atoms with Crippen LogP contribution in [0, 0.1) is 5.92 Å². The van der Waals surface area contributed by atoms with Crippen LogP contribution in [0.3, 0.4) is 0 Å². The maximum Gasteiger partial charge on any atom is 0.140 e. The first-order valence-corrected chi connectivity index (χ1v) is 4.87. The summed E-state index contributed by atoms with van der Waals surface area (Å²) in [6, 6.07) is 8.29. The molecule has 1 aromatic carbocycles. The lowest BCUT2D eigenvalue weighted by molar-refractivity contribution is -0.121. The molecular formula is C12H14O. The fraction of sp³-hybridized carbons (Fsp3) is 0.417. The molecule has 0 radical (unpaired) electrons. The lowest BCUT2D eigenvalue weighted by Gasteiger charge is -2.02. The number of hydrogen-bond donors (Lipinski definition) is 0. The van der Waals surface area contributed by atoms with Gasteiger partial charge in [0.15, 0.2) is 0 Å². The maximum absolute atomic E-state index is 11.6. The molecule has 0 aliphatic heterocycles. The standard InChI is InChI=1S/C12H14O/c1-9-6-7-10-4-2-3-5-11(10)8-12(9)13/h2-5,9H,6-8H2,1H3. The third kappa shape index (κ3) is 1.64. The van der Waals surface area contributed by atoms with Crippen molar-refractivity contribution in [2.24, 2.45) is 5.92 Å². The van der Waals surface area contributed by atoms with Crippen molar-refractivity contribution in [2.45, 2.75) is 26.2 Å². The van der Waals surface area contributed by atoms with Crippen molar-refractivity contribution >= 4 is 5.78 Å². The van der Waals surface area contributed by atoms with Gasteiger partial charge in [0, 0.05) is 12.3 Å². The Bertz CT molecular complexity index is 328. The first-order chi connectivity index (χ1) is 6.27. The first-order valence-electron chi connectivity index (χ1n) is 4.87. The van der Waals surface area contributed by atoms with Crippen LogP contribution in [0.5, 0.6) is 0 Å². The van der Waals surface area contributed by atoms with Gasteiger partial charge in [-0.3, -0.25) is 4.79 Å². The minimum atomic E-state index is 0.243. The molecule has 13 heavy (non-hydrogen) atoms. The second kappa shape index (κ2) is 3.33. The SMILES string of the molecule is CC1CCc2ccccc2CC1=O. The number of rotatable bonds is 0. The van der Waals surface area contributed by atoms with Crippen molar-refractivity contribution in [1.29, 1.82) is 0 Å². The predicted octanol–water partition coefficient (Wildman–Crippen LogP) is 2.38. The number of carbonyl (C=O) groups excluding carboxylic acids is 1. The molecular weight excluding hydrogens is 160 g/mol. The van der Waals surface area contributed by atoms with E-state index in [1.807, 2.05) is 13.0 Å². The number of benzene rings is 1. The largest absolute Gasteiger partial charge is 0.299 e. The van der Waals surface area contributed by atoms with Crippen molar-refractivity contribution in [3.05, 3.63) is 35.4 Å². The summed E-state index contributed by atoms with van der Waals surface area (Å²) in [7, 11) is 0. The van der Waals surface area contributed by atoms with Crippen LogP contribution in [0.25, 0.3) is 0 Å². The summed E-state index contributed by atoms with van der Waals surface area (Å²) in [5, 5.41) is 0. The molecule has 1 nitrogen and oxygen atoms in total. The van der Waals surface area contributed by atoms with Crippen LogP contribution in [0.15, 0.2) is 24.3 Å². The van der Waals surface area contributed by atoms with E-state index in [0.717, 1.165) is 12.8 Å². The van der Waals surface area contributed by atoms with Crippen LogP contribution in [-0.2, 0) is 17.6 Å². The van der Waals surface area contributed by atoms with Gasteiger partial charge in [-0.1, -0.05) is 31.2 Å². The highest BCUT2D eigenvalue weighted by Crippen LogP contribution is 2.21. The second-order valence-electron chi connectivity index (χ2n) is 3.85. The highest BCUT2D eigenvalue weighted by Gasteiger charge is 2.19. The number of Topliss-reactive ketones (excluding diaryl/α,β-unsaturated/α-hetero) is 1. The summed E-state index contributed by atoms with van der Waals surface area (Å²) < 4.78 is 0. The molecule has 0 amide bonds. The van der Waals surface area contributed by atoms with Gasteiger partial charge >= 0.3 is 0 Å². The number of carbonyl (C=O) groups is 1. The van der Waals surface area contributed by atoms with Gasteiger partial charge in [0.1, 0.15) is 5.78 Å². The number of aryl methyl sites for hydroxylation is 1. The van der Waals surface area contributed by atoms with E-state index in [2.05, 4.69) is 18.2 Å². The highest BCUT2D eigenvalue weighted by molar-refractivity contribution is 5.83. The van der Waals surface area contributed by atoms with E-state index in [1.54, 1.807) is 0 Å². The van der Waals surface area contributed by atoms with Gasteiger partial charge in [-0.05, 0) is 24.0 Å². The summed E-state index contributed by atoms with van der Waals surface area (Å²) in [5.41, 5.74) is 2.59. The zero-order valence-electron chi connectivity index (χ0n) is 7.92. The molecule has 1 aromatic rings. The fourth-order valence-corrected chi connectivity index (χ4v) is 1.87. The van der Waals surface area contributed by atoms with Gasteiger partial charge in [-0.15, -0.1) is 0 Å². The van der Waals surface area contributed by atoms with E-state index in [1.165, 1.54) is 11.1 Å². The normalized spacial score (nSPS) is 22.2. The molecule has 1 aliphatic rings. The van der Waals surface area contributed by atoms with Gasteiger partial charge in [-0.25, -0.2) is 0 Å². The summed E-state index contributed by atoms with van der Waals surface area (Å²) in [6.45, 7) is 2.04. The number of hydrogen-bond acceptors (Lipinski definition) is 1.